The van der Waals surface area contributed by atoms with Gasteiger partial charge in [-0.2, -0.15) is 9.40 Å². The van der Waals surface area contributed by atoms with Crippen molar-refractivity contribution in [1.82, 2.24) is 29.0 Å². The van der Waals surface area contributed by atoms with Crippen LogP contribution >= 0.6 is 0 Å². The zero-order valence-corrected chi connectivity index (χ0v) is 19.8. The van der Waals surface area contributed by atoms with Crippen LogP contribution in [0.1, 0.15) is 22.8 Å². The minimum absolute atomic E-state index is 0.309. The van der Waals surface area contributed by atoms with E-state index in [1.807, 2.05) is 32.0 Å². The fourth-order valence-corrected chi connectivity index (χ4v) is 5.75. The van der Waals surface area contributed by atoms with Crippen molar-refractivity contribution in [2.45, 2.75) is 32.6 Å². The third kappa shape index (κ3) is 4.30. The Morgan fingerprint density at radius 1 is 0.969 bits per heavy atom. The topological polar surface area (TPSA) is 109 Å². The summed E-state index contributed by atoms with van der Waals surface area (Å²) >= 11 is 0. The molecule has 0 aliphatic carbocycles. The molecule has 10 nitrogen and oxygen atoms in total. The fourth-order valence-electron chi connectivity index (χ4n) is 3.93. The molecule has 0 radical (unpaired) electrons. The van der Waals surface area contributed by atoms with Gasteiger partial charge >= 0.3 is 0 Å². The summed E-state index contributed by atoms with van der Waals surface area (Å²) in [6.45, 7) is 9.19. The molecule has 1 N–H and O–H groups in total. The highest BCUT2D eigenvalue weighted by Crippen LogP contribution is 2.26. The number of aromatic nitrogens is 5. The van der Waals surface area contributed by atoms with Crippen LogP contribution in [0.5, 0.6) is 0 Å². The highest BCUT2D eigenvalue weighted by molar-refractivity contribution is 7.89. The lowest BCUT2D eigenvalue weighted by Gasteiger charge is -2.34. The van der Waals surface area contributed by atoms with Crippen molar-refractivity contribution in [3.8, 4) is 0 Å². The molecule has 170 valence electrons. The maximum Gasteiger partial charge on any atom is 0.246 e. The van der Waals surface area contributed by atoms with Crippen LogP contribution in [0.15, 0.2) is 29.3 Å². The first kappa shape index (κ1) is 22.2. The molecule has 1 aliphatic heterocycles. The lowest BCUT2D eigenvalue weighted by molar-refractivity contribution is 0.383. The quantitative estimate of drug-likeness (QED) is 0.622. The van der Waals surface area contributed by atoms with E-state index in [4.69, 9.17) is 0 Å². The molecule has 4 rings (SSSR count). The van der Waals surface area contributed by atoms with E-state index >= 15 is 0 Å². The molecule has 0 aromatic carbocycles. The van der Waals surface area contributed by atoms with E-state index in [9.17, 15) is 8.42 Å². The third-order valence-electron chi connectivity index (χ3n) is 5.60. The van der Waals surface area contributed by atoms with Crippen molar-refractivity contribution in [2.24, 2.45) is 7.05 Å². The Morgan fingerprint density at radius 2 is 1.69 bits per heavy atom. The average molecular weight is 457 g/mol. The van der Waals surface area contributed by atoms with E-state index in [1.54, 1.807) is 31.8 Å². The first-order chi connectivity index (χ1) is 15.1. The Labute approximate surface area is 188 Å². The largest absolute Gasteiger partial charge is 0.354 e. The molecule has 3 aromatic heterocycles. The van der Waals surface area contributed by atoms with Gasteiger partial charge in [0.15, 0.2) is 0 Å². The minimum atomic E-state index is -3.60. The molecular weight excluding hydrogens is 428 g/mol. The molecule has 3 aromatic rings. The molecular formula is C21H28N8O2S. The van der Waals surface area contributed by atoms with Crippen molar-refractivity contribution >= 4 is 27.5 Å². The second kappa shape index (κ2) is 8.47. The number of piperazine rings is 1. The number of aryl methyl sites for hydroxylation is 4. The maximum atomic E-state index is 13.2. The van der Waals surface area contributed by atoms with Gasteiger partial charge in [-0.15, -0.1) is 0 Å². The van der Waals surface area contributed by atoms with E-state index in [1.165, 1.54) is 4.31 Å². The van der Waals surface area contributed by atoms with Gasteiger partial charge in [0.05, 0.1) is 11.4 Å². The summed E-state index contributed by atoms with van der Waals surface area (Å²) in [7, 11) is -1.84. The van der Waals surface area contributed by atoms with E-state index in [0.29, 0.717) is 59.9 Å². The van der Waals surface area contributed by atoms with Crippen LogP contribution in [-0.4, -0.2) is 63.6 Å². The van der Waals surface area contributed by atoms with Gasteiger partial charge in [-0.05, 0) is 45.4 Å². The van der Waals surface area contributed by atoms with Crippen molar-refractivity contribution in [1.29, 1.82) is 0 Å². The number of pyridine rings is 1. The second-order valence-corrected chi connectivity index (χ2v) is 9.89. The number of hydrogen-bond donors (Lipinski definition) is 1. The molecule has 0 saturated carbocycles. The Bertz CT molecular complexity index is 1250. The van der Waals surface area contributed by atoms with E-state index in [-0.39, 0.29) is 0 Å². The highest BCUT2D eigenvalue weighted by atomic mass is 32.2. The summed E-state index contributed by atoms with van der Waals surface area (Å²) in [5, 5.41) is 7.49. The molecule has 0 unspecified atom stereocenters. The standard InChI is InChI=1S/C21H28N8O2S/c1-14-6-7-22-18(12-14)25-19-13-20(24-17(4)23-19)28-8-10-29(11-9-28)32(30,31)21-15(2)26-27(5)16(21)3/h6-7,12-13H,8-11H2,1-5H3,(H,22,23,24,25). The van der Waals surface area contributed by atoms with Crippen molar-refractivity contribution < 1.29 is 8.42 Å². The molecule has 0 spiro atoms. The Kier molecular flexibility index (Phi) is 5.87. The predicted molar refractivity (Wildman–Crippen MR) is 123 cm³/mol. The lowest BCUT2D eigenvalue weighted by atomic mass is 10.3. The SMILES string of the molecule is Cc1ccnc(Nc2cc(N3CCN(S(=O)(=O)c4c(C)nn(C)c4C)CC3)nc(C)n2)c1. The van der Waals surface area contributed by atoms with Crippen LogP contribution in [0, 0.1) is 27.7 Å². The van der Waals surface area contributed by atoms with Gasteiger partial charge in [0, 0.05) is 45.5 Å². The van der Waals surface area contributed by atoms with E-state index < -0.39 is 10.0 Å². The summed E-state index contributed by atoms with van der Waals surface area (Å²) in [5.74, 6) is 2.77. The highest BCUT2D eigenvalue weighted by Gasteiger charge is 2.33. The number of hydrogen-bond acceptors (Lipinski definition) is 8. The smallest absolute Gasteiger partial charge is 0.246 e. The van der Waals surface area contributed by atoms with Gasteiger partial charge < -0.3 is 10.2 Å². The number of anilines is 3. The zero-order valence-electron chi connectivity index (χ0n) is 19.0. The van der Waals surface area contributed by atoms with Crippen LogP contribution in [0.2, 0.25) is 0 Å². The number of rotatable bonds is 5. The van der Waals surface area contributed by atoms with Crippen molar-refractivity contribution in [3.63, 3.8) is 0 Å². The Hall–Kier alpha value is -3.05. The lowest BCUT2D eigenvalue weighted by Crippen LogP contribution is -2.49. The summed E-state index contributed by atoms with van der Waals surface area (Å²) in [6.07, 6.45) is 1.75. The summed E-state index contributed by atoms with van der Waals surface area (Å²) in [5.41, 5.74) is 2.28. The predicted octanol–water partition coefficient (Wildman–Crippen LogP) is 2.09. The van der Waals surface area contributed by atoms with Gasteiger partial charge in [0.2, 0.25) is 10.0 Å². The maximum absolute atomic E-state index is 13.2. The van der Waals surface area contributed by atoms with Crippen LogP contribution in [-0.2, 0) is 17.1 Å². The Morgan fingerprint density at radius 3 is 2.31 bits per heavy atom. The zero-order chi connectivity index (χ0) is 23.0. The molecule has 1 aliphatic rings. The van der Waals surface area contributed by atoms with Crippen molar-refractivity contribution in [3.05, 3.63) is 47.2 Å². The third-order valence-corrected chi connectivity index (χ3v) is 7.75. The first-order valence-electron chi connectivity index (χ1n) is 10.5. The monoisotopic (exact) mass is 456 g/mol. The first-order valence-corrected chi connectivity index (χ1v) is 11.9. The molecule has 11 heteroatoms. The minimum Gasteiger partial charge on any atom is -0.354 e. The van der Waals surface area contributed by atoms with Crippen molar-refractivity contribution in [2.75, 3.05) is 36.4 Å². The summed E-state index contributed by atoms with van der Waals surface area (Å²) < 4.78 is 29.6. The van der Waals surface area contributed by atoms with Crippen LogP contribution < -0.4 is 10.2 Å². The van der Waals surface area contributed by atoms with Gasteiger partial charge in [0.1, 0.15) is 28.2 Å². The van der Waals surface area contributed by atoms with Gasteiger partial charge in [0.25, 0.3) is 0 Å². The average Bonchev–Trinajstić information content (AvgIpc) is 2.99. The number of nitrogens with one attached hydrogen (secondary N) is 1. The van der Waals surface area contributed by atoms with Gasteiger partial charge in [-0.3, -0.25) is 4.68 Å². The second-order valence-electron chi connectivity index (χ2n) is 8.02. The summed E-state index contributed by atoms with van der Waals surface area (Å²) in [6, 6.07) is 5.75. The van der Waals surface area contributed by atoms with E-state index in [2.05, 4.69) is 30.3 Å². The summed E-state index contributed by atoms with van der Waals surface area (Å²) in [4.78, 5) is 15.7. The molecule has 32 heavy (non-hydrogen) atoms. The Balaban J connectivity index is 1.50. The normalized spacial score (nSPS) is 15.2. The number of sulfonamides is 1. The van der Waals surface area contributed by atoms with Gasteiger partial charge in [-0.25, -0.2) is 23.4 Å². The van der Waals surface area contributed by atoms with E-state index in [0.717, 1.165) is 11.4 Å². The molecule has 0 bridgehead atoms. The molecule has 1 saturated heterocycles. The van der Waals surface area contributed by atoms with Crippen LogP contribution in [0.3, 0.4) is 0 Å². The molecule has 0 amide bonds. The van der Waals surface area contributed by atoms with Gasteiger partial charge in [-0.1, -0.05) is 0 Å². The van der Waals surface area contributed by atoms with Crippen LogP contribution in [0.25, 0.3) is 0 Å². The molecule has 1 fully saturated rings. The van der Waals surface area contributed by atoms with Crippen LogP contribution in [0.4, 0.5) is 17.5 Å². The fraction of sp³-hybridized carbons (Fsp3) is 0.429. The molecule has 0 atom stereocenters. The molecule has 4 heterocycles. The number of nitrogens with zero attached hydrogens (tertiary/aromatic N) is 7.